The van der Waals surface area contributed by atoms with Crippen molar-refractivity contribution >= 4 is 11.9 Å². The summed E-state index contributed by atoms with van der Waals surface area (Å²) in [6.45, 7) is 1.58. The molecule has 0 saturated heterocycles. The van der Waals surface area contributed by atoms with Crippen LogP contribution in [0.4, 0.5) is 0 Å². The largest absolute Gasteiger partial charge is 0.497 e. The van der Waals surface area contributed by atoms with Crippen molar-refractivity contribution in [2.24, 2.45) is 0 Å². The summed E-state index contributed by atoms with van der Waals surface area (Å²) in [6, 6.07) is 29.7. The molecule has 0 aromatic heterocycles. The Labute approximate surface area is 252 Å². The van der Waals surface area contributed by atoms with Gasteiger partial charge in [0.05, 0.1) is 19.8 Å². The lowest BCUT2D eigenvalue weighted by Gasteiger charge is -2.37. The minimum absolute atomic E-state index is 0.140. The number of amides is 1. The number of rotatable bonds is 20. The van der Waals surface area contributed by atoms with E-state index in [1.807, 2.05) is 12.1 Å². The molecule has 1 amide bonds. The van der Waals surface area contributed by atoms with Gasteiger partial charge < -0.3 is 14.8 Å². The number of methoxy groups -OCH3 is 2. The molecule has 0 saturated carbocycles. The highest BCUT2D eigenvalue weighted by atomic mass is 16.5. The molecule has 42 heavy (non-hydrogen) atoms. The van der Waals surface area contributed by atoms with Gasteiger partial charge in [-0.1, -0.05) is 105 Å². The first-order valence-electron chi connectivity index (χ1n) is 15.4. The van der Waals surface area contributed by atoms with E-state index in [1.54, 1.807) is 7.11 Å². The second kappa shape index (κ2) is 18.7. The Morgan fingerprint density at radius 3 is 1.67 bits per heavy atom. The summed E-state index contributed by atoms with van der Waals surface area (Å²) in [6.07, 6.45) is 10.1. The van der Waals surface area contributed by atoms with Crippen LogP contribution in [0.5, 0.6) is 5.75 Å². The Morgan fingerprint density at radius 1 is 0.595 bits per heavy atom. The molecule has 6 heteroatoms. The van der Waals surface area contributed by atoms with Crippen LogP contribution in [0.2, 0.25) is 0 Å². The molecule has 3 rings (SSSR count). The van der Waals surface area contributed by atoms with Crippen molar-refractivity contribution in [3.8, 4) is 5.75 Å². The van der Waals surface area contributed by atoms with E-state index in [9.17, 15) is 9.59 Å². The molecule has 0 atom stereocenters. The predicted octanol–water partition coefficient (Wildman–Crippen LogP) is 7.16. The van der Waals surface area contributed by atoms with E-state index < -0.39 is 5.54 Å². The van der Waals surface area contributed by atoms with Gasteiger partial charge in [0.1, 0.15) is 5.75 Å². The Balaban J connectivity index is 1.43. The van der Waals surface area contributed by atoms with Gasteiger partial charge in [-0.05, 0) is 61.1 Å². The lowest BCUT2D eigenvalue weighted by molar-refractivity contribution is -0.140. The molecule has 6 nitrogen and oxygen atoms in total. The highest BCUT2D eigenvalue weighted by molar-refractivity contribution is 5.75. The van der Waals surface area contributed by atoms with Gasteiger partial charge in [-0.2, -0.15) is 0 Å². The Morgan fingerprint density at radius 2 is 1.10 bits per heavy atom. The van der Waals surface area contributed by atoms with Crippen molar-refractivity contribution in [1.29, 1.82) is 0 Å². The van der Waals surface area contributed by atoms with E-state index in [4.69, 9.17) is 4.74 Å². The average molecular weight is 573 g/mol. The molecule has 0 bridgehead atoms. The number of carbonyl (C=O) groups is 2. The summed E-state index contributed by atoms with van der Waals surface area (Å²) >= 11 is 0. The van der Waals surface area contributed by atoms with Crippen molar-refractivity contribution < 1.29 is 19.1 Å². The van der Waals surface area contributed by atoms with Crippen LogP contribution in [0.15, 0.2) is 84.9 Å². The lowest BCUT2D eigenvalue weighted by atomic mass is 9.77. The normalized spacial score (nSPS) is 11.2. The fraction of sp³-hybridized carbons (Fsp3) is 0.444. The lowest BCUT2D eigenvalue weighted by Crippen LogP contribution is -2.45. The first kappa shape index (κ1) is 32.9. The van der Waals surface area contributed by atoms with Gasteiger partial charge in [0, 0.05) is 19.4 Å². The Hall–Kier alpha value is -3.64. The molecule has 0 heterocycles. The van der Waals surface area contributed by atoms with Crippen molar-refractivity contribution in [2.75, 3.05) is 27.3 Å². The van der Waals surface area contributed by atoms with E-state index >= 15 is 0 Å². The molecular formula is C36H48N2O4. The predicted molar refractivity (Wildman–Crippen MR) is 170 cm³/mol. The molecular weight excluding hydrogens is 524 g/mol. The molecule has 0 aliphatic carbocycles. The van der Waals surface area contributed by atoms with Gasteiger partial charge in [0.2, 0.25) is 5.91 Å². The zero-order chi connectivity index (χ0) is 29.9. The number of hydrogen-bond acceptors (Lipinski definition) is 5. The van der Waals surface area contributed by atoms with Crippen molar-refractivity contribution in [2.45, 2.75) is 76.2 Å². The molecule has 0 fully saturated rings. The van der Waals surface area contributed by atoms with Crippen LogP contribution in [0.25, 0.3) is 0 Å². The highest BCUT2D eigenvalue weighted by Crippen LogP contribution is 2.37. The summed E-state index contributed by atoms with van der Waals surface area (Å²) < 4.78 is 10.1. The van der Waals surface area contributed by atoms with Crippen LogP contribution in [0.1, 0.15) is 87.3 Å². The van der Waals surface area contributed by atoms with Gasteiger partial charge in [-0.3, -0.25) is 14.9 Å². The van der Waals surface area contributed by atoms with E-state index in [1.165, 1.54) is 23.8 Å². The smallest absolute Gasteiger partial charge is 0.305 e. The number of hydrogen-bond donors (Lipinski definition) is 2. The molecule has 226 valence electrons. The van der Waals surface area contributed by atoms with Gasteiger partial charge >= 0.3 is 5.97 Å². The summed E-state index contributed by atoms with van der Waals surface area (Å²) in [7, 11) is 3.11. The van der Waals surface area contributed by atoms with E-state index in [0.717, 1.165) is 70.1 Å². The minimum Gasteiger partial charge on any atom is -0.497 e. The maximum Gasteiger partial charge on any atom is 0.305 e. The van der Waals surface area contributed by atoms with Crippen LogP contribution in [-0.4, -0.2) is 39.2 Å². The topological polar surface area (TPSA) is 76.7 Å². The molecule has 0 aliphatic rings. The van der Waals surface area contributed by atoms with Gasteiger partial charge in [-0.25, -0.2) is 0 Å². The molecule has 0 radical (unpaired) electrons. The average Bonchev–Trinajstić information content (AvgIpc) is 3.04. The number of nitrogens with one attached hydrogen (secondary N) is 2. The molecule has 0 aliphatic heterocycles. The first-order valence-corrected chi connectivity index (χ1v) is 15.4. The molecule has 2 N–H and O–H groups in total. The van der Waals surface area contributed by atoms with Gasteiger partial charge in [0.15, 0.2) is 0 Å². The fourth-order valence-electron chi connectivity index (χ4n) is 5.41. The van der Waals surface area contributed by atoms with Gasteiger partial charge in [0.25, 0.3) is 0 Å². The second-order valence-electron chi connectivity index (χ2n) is 10.7. The fourth-order valence-corrected chi connectivity index (χ4v) is 5.41. The number of ether oxygens (including phenoxy) is 2. The summed E-state index contributed by atoms with van der Waals surface area (Å²) in [4.78, 5) is 23.3. The zero-order valence-corrected chi connectivity index (χ0v) is 25.4. The van der Waals surface area contributed by atoms with Crippen LogP contribution < -0.4 is 15.4 Å². The standard InChI is InChI=1S/C36H48N2O4/c1-41-33-26-24-32(25-27-33)36(30-18-10-8-11-19-30,31-20-12-9-13-21-31)38-29-17-6-3-4-14-22-34(39)37-28-16-7-5-15-23-35(40)42-2/h8-13,18-21,24-27,38H,3-7,14-17,22-23,28-29H2,1-2H3,(H,37,39). The van der Waals surface area contributed by atoms with Crippen molar-refractivity contribution in [3.05, 3.63) is 102 Å². The van der Waals surface area contributed by atoms with E-state index in [0.29, 0.717) is 19.4 Å². The molecule has 0 spiro atoms. The number of esters is 1. The van der Waals surface area contributed by atoms with Crippen LogP contribution in [-0.2, 0) is 19.9 Å². The number of unbranched alkanes of at least 4 members (excludes halogenated alkanes) is 7. The number of benzene rings is 3. The Kier molecular flexibility index (Phi) is 14.7. The third-order valence-electron chi connectivity index (χ3n) is 7.76. The third kappa shape index (κ3) is 10.3. The zero-order valence-electron chi connectivity index (χ0n) is 25.4. The summed E-state index contributed by atoms with van der Waals surface area (Å²) in [5, 5.41) is 6.98. The van der Waals surface area contributed by atoms with E-state index in [2.05, 4.69) is 88.2 Å². The minimum atomic E-state index is -0.478. The Bertz CT molecular complexity index is 1130. The second-order valence-corrected chi connectivity index (χ2v) is 10.7. The summed E-state index contributed by atoms with van der Waals surface area (Å²) in [5.74, 6) is 0.830. The molecule has 3 aromatic rings. The van der Waals surface area contributed by atoms with Crippen LogP contribution in [0.3, 0.4) is 0 Å². The molecule has 0 unspecified atom stereocenters. The monoisotopic (exact) mass is 572 g/mol. The van der Waals surface area contributed by atoms with Crippen molar-refractivity contribution in [3.63, 3.8) is 0 Å². The van der Waals surface area contributed by atoms with Crippen LogP contribution >= 0.6 is 0 Å². The highest BCUT2D eigenvalue weighted by Gasteiger charge is 2.35. The van der Waals surface area contributed by atoms with Crippen molar-refractivity contribution in [1.82, 2.24) is 10.6 Å². The third-order valence-corrected chi connectivity index (χ3v) is 7.76. The maximum absolute atomic E-state index is 12.2. The SMILES string of the molecule is COC(=O)CCCCCCNC(=O)CCCCCCCNC(c1ccccc1)(c1ccccc1)c1ccc(OC)cc1. The number of carbonyl (C=O) groups excluding carboxylic acids is 2. The molecule has 3 aromatic carbocycles. The van der Waals surface area contributed by atoms with Gasteiger partial charge in [-0.15, -0.1) is 0 Å². The maximum atomic E-state index is 12.2. The van der Waals surface area contributed by atoms with Crippen LogP contribution in [0, 0.1) is 0 Å². The van der Waals surface area contributed by atoms with E-state index in [-0.39, 0.29) is 11.9 Å². The quantitative estimate of drug-likeness (QED) is 0.0854. The first-order chi connectivity index (χ1) is 20.6. The summed E-state index contributed by atoms with van der Waals surface area (Å²) in [5.41, 5.74) is 3.10.